The van der Waals surface area contributed by atoms with Crippen molar-refractivity contribution in [2.75, 3.05) is 0 Å². The van der Waals surface area contributed by atoms with Gasteiger partial charge in [0.15, 0.2) is 0 Å². The maximum Gasteiger partial charge on any atom is 0.143 e. The molecule has 2 nitrogen and oxygen atoms in total. The predicted octanol–water partition coefficient (Wildman–Crippen LogP) is 1.97. The SMILES string of the molecule is CC.CC(=O)C1CCCC1=O. The number of hydrogen-bond acceptors (Lipinski definition) is 2. The van der Waals surface area contributed by atoms with Crippen molar-refractivity contribution in [3.63, 3.8) is 0 Å². The summed E-state index contributed by atoms with van der Waals surface area (Å²) >= 11 is 0. The quantitative estimate of drug-likeness (QED) is 0.544. The van der Waals surface area contributed by atoms with Crippen molar-refractivity contribution in [1.82, 2.24) is 0 Å². The Morgan fingerprint density at radius 1 is 1.45 bits per heavy atom. The molecule has 1 saturated carbocycles. The van der Waals surface area contributed by atoms with Crippen LogP contribution >= 0.6 is 0 Å². The third kappa shape index (κ3) is 2.83. The van der Waals surface area contributed by atoms with E-state index in [0.717, 1.165) is 12.8 Å². The molecule has 1 rings (SSSR count). The van der Waals surface area contributed by atoms with Gasteiger partial charge in [0.1, 0.15) is 11.6 Å². The first-order chi connectivity index (χ1) is 5.22. The van der Waals surface area contributed by atoms with Crippen LogP contribution in [-0.4, -0.2) is 11.6 Å². The molecule has 0 N–H and O–H groups in total. The van der Waals surface area contributed by atoms with E-state index < -0.39 is 0 Å². The molecule has 0 saturated heterocycles. The van der Waals surface area contributed by atoms with Gasteiger partial charge in [0.25, 0.3) is 0 Å². The number of carbonyl (C=O) groups is 2. The van der Waals surface area contributed by atoms with Crippen molar-refractivity contribution in [3.8, 4) is 0 Å². The molecule has 0 aliphatic heterocycles. The first kappa shape index (κ1) is 10.3. The van der Waals surface area contributed by atoms with Gasteiger partial charge in [-0.25, -0.2) is 0 Å². The van der Waals surface area contributed by atoms with Gasteiger partial charge in [-0.1, -0.05) is 13.8 Å². The fourth-order valence-corrected chi connectivity index (χ4v) is 1.25. The highest BCUT2D eigenvalue weighted by molar-refractivity contribution is 6.02. The highest BCUT2D eigenvalue weighted by Gasteiger charge is 2.27. The summed E-state index contributed by atoms with van der Waals surface area (Å²) in [5.41, 5.74) is 0. The van der Waals surface area contributed by atoms with Crippen LogP contribution in [-0.2, 0) is 9.59 Å². The minimum atomic E-state index is -0.245. The van der Waals surface area contributed by atoms with E-state index in [2.05, 4.69) is 0 Å². The number of Topliss-reactive ketones (excluding diaryl/α,β-unsaturated/α-hetero) is 2. The molecule has 1 atom stereocenters. The second-order valence-corrected chi connectivity index (χ2v) is 2.52. The first-order valence-corrected chi connectivity index (χ1v) is 4.25. The van der Waals surface area contributed by atoms with Crippen molar-refractivity contribution in [2.45, 2.75) is 40.0 Å². The minimum absolute atomic E-state index is 0.0394. The van der Waals surface area contributed by atoms with Crippen LogP contribution in [0.4, 0.5) is 0 Å². The smallest absolute Gasteiger partial charge is 0.143 e. The molecule has 0 bridgehead atoms. The zero-order valence-electron chi connectivity index (χ0n) is 7.52. The molecule has 1 fully saturated rings. The molecule has 2 heteroatoms. The van der Waals surface area contributed by atoms with E-state index in [-0.39, 0.29) is 17.5 Å². The summed E-state index contributed by atoms with van der Waals surface area (Å²) in [5, 5.41) is 0. The van der Waals surface area contributed by atoms with Crippen molar-refractivity contribution in [1.29, 1.82) is 0 Å². The molecule has 0 spiro atoms. The van der Waals surface area contributed by atoms with Gasteiger partial charge >= 0.3 is 0 Å². The lowest BCUT2D eigenvalue weighted by Gasteiger charge is -1.98. The summed E-state index contributed by atoms with van der Waals surface area (Å²) in [6.07, 6.45) is 2.31. The maximum atomic E-state index is 10.8. The molecular formula is C9H16O2. The number of carbonyl (C=O) groups excluding carboxylic acids is 2. The third-order valence-corrected chi connectivity index (χ3v) is 1.80. The number of rotatable bonds is 1. The largest absolute Gasteiger partial charge is 0.299 e. The highest BCUT2D eigenvalue weighted by Crippen LogP contribution is 2.21. The van der Waals surface area contributed by atoms with Crippen LogP contribution in [0.5, 0.6) is 0 Å². The van der Waals surface area contributed by atoms with E-state index in [1.165, 1.54) is 6.92 Å². The average Bonchev–Trinajstić information content (AvgIpc) is 2.39. The van der Waals surface area contributed by atoms with Crippen LogP contribution in [0.15, 0.2) is 0 Å². The molecule has 0 radical (unpaired) electrons. The molecular weight excluding hydrogens is 140 g/mol. The number of hydrogen-bond donors (Lipinski definition) is 0. The number of ketones is 2. The third-order valence-electron chi connectivity index (χ3n) is 1.80. The lowest BCUT2D eigenvalue weighted by Crippen LogP contribution is -2.14. The van der Waals surface area contributed by atoms with E-state index in [9.17, 15) is 9.59 Å². The van der Waals surface area contributed by atoms with Crippen LogP contribution in [0.2, 0.25) is 0 Å². The Morgan fingerprint density at radius 3 is 2.18 bits per heavy atom. The fraction of sp³-hybridized carbons (Fsp3) is 0.778. The summed E-state index contributed by atoms with van der Waals surface area (Å²) in [6, 6.07) is 0. The topological polar surface area (TPSA) is 34.1 Å². The molecule has 1 aliphatic carbocycles. The Bertz CT molecular complexity index is 150. The second-order valence-electron chi connectivity index (χ2n) is 2.52. The van der Waals surface area contributed by atoms with Gasteiger partial charge in [-0.15, -0.1) is 0 Å². The van der Waals surface area contributed by atoms with Gasteiger partial charge in [0.05, 0.1) is 5.92 Å². The normalized spacial score (nSPS) is 22.5. The van der Waals surface area contributed by atoms with E-state index in [1.54, 1.807) is 0 Å². The molecule has 64 valence electrons. The second kappa shape index (κ2) is 5.05. The molecule has 1 unspecified atom stereocenters. The molecule has 0 aromatic carbocycles. The minimum Gasteiger partial charge on any atom is -0.299 e. The van der Waals surface area contributed by atoms with E-state index in [0.29, 0.717) is 6.42 Å². The monoisotopic (exact) mass is 156 g/mol. The van der Waals surface area contributed by atoms with Gasteiger partial charge in [-0.05, 0) is 19.8 Å². The highest BCUT2D eigenvalue weighted by atomic mass is 16.1. The Kier molecular flexibility index (Phi) is 4.75. The molecule has 0 aromatic heterocycles. The fourth-order valence-electron chi connectivity index (χ4n) is 1.25. The van der Waals surface area contributed by atoms with Crippen molar-refractivity contribution >= 4 is 11.6 Å². The molecule has 0 heterocycles. The standard InChI is InChI=1S/C7H10O2.C2H6/c1-5(8)6-3-2-4-7(6)9;1-2/h6H,2-4H2,1H3;1-2H3. The molecule has 0 amide bonds. The van der Waals surface area contributed by atoms with Crippen LogP contribution in [0.3, 0.4) is 0 Å². The molecule has 1 aliphatic rings. The maximum absolute atomic E-state index is 10.8. The van der Waals surface area contributed by atoms with Crippen LogP contribution in [0, 0.1) is 5.92 Å². The van der Waals surface area contributed by atoms with E-state index in [4.69, 9.17) is 0 Å². The van der Waals surface area contributed by atoms with E-state index in [1.807, 2.05) is 13.8 Å². The van der Waals surface area contributed by atoms with Crippen molar-refractivity contribution in [2.24, 2.45) is 5.92 Å². The van der Waals surface area contributed by atoms with Crippen molar-refractivity contribution < 1.29 is 9.59 Å². The van der Waals surface area contributed by atoms with Crippen LogP contribution < -0.4 is 0 Å². The summed E-state index contributed by atoms with van der Waals surface area (Å²) in [5.74, 6) is -0.0648. The van der Waals surface area contributed by atoms with Gasteiger partial charge in [-0.2, -0.15) is 0 Å². The van der Waals surface area contributed by atoms with Crippen molar-refractivity contribution in [3.05, 3.63) is 0 Å². The van der Waals surface area contributed by atoms with E-state index >= 15 is 0 Å². The predicted molar refractivity (Wildman–Crippen MR) is 44.4 cm³/mol. The van der Waals surface area contributed by atoms with Gasteiger partial charge in [-0.3, -0.25) is 9.59 Å². The molecule has 0 aromatic rings. The zero-order chi connectivity index (χ0) is 8.85. The lowest BCUT2D eigenvalue weighted by atomic mass is 10.0. The van der Waals surface area contributed by atoms with Crippen LogP contribution in [0.25, 0.3) is 0 Å². The zero-order valence-corrected chi connectivity index (χ0v) is 7.52. The van der Waals surface area contributed by atoms with Crippen LogP contribution in [0.1, 0.15) is 40.0 Å². The summed E-state index contributed by atoms with van der Waals surface area (Å²) in [4.78, 5) is 21.4. The van der Waals surface area contributed by atoms with Gasteiger partial charge in [0, 0.05) is 6.42 Å². The van der Waals surface area contributed by atoms with Gasteiger partial charge < -0.3 is 0 Å². The first-order valence-electron chi connectivity index (χ1n) is 4.25. The summed E-state index contributed by atoms with van der Waals surface area (Å²) in [7, 11) is 0. The summed E-state index contributed by atoms with van der Waals surface area (Å²) in [6.45, 7) is 5.49. The Balaban J connectivity index is 0.000000461. The molecule has 11 heavy (non-hydrogen) atoms. The Morgan fingerprint density at radius 2 is 2.00 bits per heavy atom. The Hall–Kier alpha value is -0.660. The van der Waals surface area contributed by atoms with Gasteiger partial charge in [0.2, 0.25) is 0 Å². The lowest BCUT2D eigenvalue weighted by molar-refractivity contribution is -0.129. The Labute approximate surface area is 68.0 Å². The average molecular weight is 156 g/mol. The summed E-state index contributed by atoms with van der Waals surface area (Å²) < 4.78 is 0.